The van der Waals surface area contributed by atoms with Crippen molar-refractivity contribution in [3.8, 4) is 0 Å². The van der Waals surface area contributed by atoms with Crippen LogP contribution in [0.1, 0.15) is 13.8 Å². The molecule has 4 nitrogen and oxygen atoms in total. The molecule has 0 heterocycles. The highest BCUT2D eigenvalue weighted by Crippen LogP contribution is 1.87. The molecular weight excluding hydrogens is 172 g/mol. The molecule has 0 bridgehead atoms. The smallest absolute Gasteiger partial charge is 0.332 e. The van der Waals surface area contributed by atoms with Crippen LogP contribution in [0.2, 0.25) is 0 Å². The molecule has 0 spiro atoms. The van der Waals surface area contributed by atoms with Gasteiger partial charge in [-0.25, -0.2) is 4.79 Å². The number of rotatable bonds is 2. The topological polar surface area (TPSA) is 52.6 Å². The summed E-state index contributed by atoms with van der Waals surface area (Å²) in [7, 11) is 1.33. The predicted molar refractivity (Wildman–Crippen MR) is 48.8 cm³/mol. The first kappa shape index (κ1) is 14.0. The van der Waals surface area contributed by atoms with Crippen molar-refractivity contribution in [1.29, 1.82) is 0 Å². The van der Waals surface area contributed by atoms with Gasteiger partial charge in [-0.05, 0) is 6.92 Å². The van der Waals surface area contributed by atoms with E-state index in [9.17, 15) is 9.59 Å². The Labute approximate surface area is 77.8 Å². The molecule has 0 saturated heterocycles. The van der Waals surface area contributed by atoms with Gasteiger partial charge in [0.1, 0.15) is 0 Å². The third kappa shape index (κ3) is 13.4. The quantitative estimate of drug-likeness (QED) is 0.372. The maximum Gasteiger partial charge on any atom is 0.332 e. The summed E-state index contributed by atoms with van der Waals surface area (Å²) in [6.07, 6.45) is 1.10. The fraction of sp³-hybridized carbons (Fsp3) is 0.333. The highest BCUT2D eigenvalue weighted by molar-refractivity contribution is 5.86. The lowest BCUT2D eigenvalue weighted by Gasteiger charge is -1.91. The van der Waals surface area contributed by atoms with Gasteiger partial charge in [-0.3, -0.25) is 4.79 Å². The highest BCUT2D eigenvalue weighted by Gasteiger charge is 1.95. The summed E-state index contributed by atoms with van der Waals surface area (Å²) in [5.74, 6) is -0.676. The molecule has 4 heteroatoms. The van der Waals surface area contributed by atoms with Crippen LogP contribution in [-0.2, 0) is 19.1 Å². The largest absolute Gasteiger partial charge is 0.466 e. The van der Waals surface area contributed by atoms with Crippen molar-refractivity contribution >= 4 is 11.9 Å². The van der Waals surface area contributed by atoms with Gasteiger partial charge < -0.3 is 9.47 Å². The molecule has 0 fully saturated rings. The number of carbonyl (C=O) groups excluding carboxylic acids is 2. The average Bonchev–Trinajstić information content (AvgIpc) is 2.03. The number of esters is 2. The monoisotopic (exact) mass is 186 g/mol. The number of ether oxygens (including phenoxy) is 2. The third-order valence-electron chi connectivity index (χ3n) is 0.783. The van der Waals surface area contributed by atoms with Gasteiger partial charge in [0, 0.05) is 12.5 Å². The van der Waals surface area contributed by atoms with Gasteiger partial charge >= 0.3 is 11.9 Å². The van der Waals surface area contributed by atoms with Crippen LogP contribution in [0.5, 0.6) is 0 Å². The van der Waals surface area contributed by atoms with E-state index in [1.54, 1.807) is 6.92 Å². The zero-order valence-corrected chi connectivity index (χ0v) is 8.12. The molecule has 0 radical (unpaired) electrons. The number of methoxy groups -OCH3 is 1. The van der Waals surface area contributed by atoms with Crippen molar-refractivity contribution in [1.82, 2.24) is 0 Å². The molecule has 0 aliphatic rings. The van der Waals surface area contributed by atoms with Crippen LogP contribution < -0.4 is 0 Å². The molecule has 0 amide bonds. The van der Waals surface area contributed by atoms with Gasteiger partial charge in [0.2, 0.25) is 0 Å². The Bertz CT molecular complexity index is 206. The lowest BCUT2D eigenvalue weighted by atomic mass is 10.4. The first-order valence-corrected chi connectivity index (χ1v) is 3.47. The van der Waals surface area contributed by atoms with Crippen molar-refractivity contribution in [3.63, 3.8) is 0 Å². The zero-order valence-electron chi connectivity index (χ0n) is 8.12. The van der Waals surface area contributed by atoms with Crippen LogP contribution >= 0.6 is 0 Å². The first-order valence-electron chi connectivity index (χ1n) is 3.47. The molecule has 0 unspecified atom stereocenters. The van der Waals surface area contributed by atoms with Gasteiger partial charge in [0.25, 0.3) is 0 Å². The minimum atomic E-state index is -0.347. The van der Waals surface area contributed by atoms with Crippen LogP contribution in [-0.4, -0.2) is 19.0 Å². The summed E-state index contributed by atoms with van der Waals surface area (Å²) in [5, 5.41) is 0. The highest BCUT2D eigenvalue weighted by atomic mass is 16.5. The summed E-state index contributed by atoms with van der Waals surface area (Å²) < 4.78 is 8.44. The van der Waals surface area contributed by atoms with E-state index in [0.717, 1.165) is 6.26 Å². The Morgan fingerprint density at radius 2 is 1.77 bits per heavy atom. The standard InChI is InChI=1S/C5H8O2.C4H6O2/c1-4(2)5(6)7-3;1-3-6-4(2)5/h1H2,2-3H3;3H,1H2,2H3. The Morgan fingerprint density at radius 1 is 1.31 bits per heavy atom. The van der Waals surface area contributed by atoms with Crippen molar-refractivity contribution in [2.75, 3.05) is 7.11 Å². The van der Waals surface area contributed by atoms with Crippen molar-refractivity contribution < 1.29 is 19.1 Å². The van der Waals surface area contributed by atoms with E-state index in [4.69, 9.17) is 0 Å². The molecule has 74 valence electrons. The van der Waals surface area contributed by atoms with Gasteiger partial charge in [-0.1, -0.05) is 13.2 Å². The predicted octanol–water partition coefficient (Wildman–Crippen LogP) is 1.43. The van der Waals surface area contributed by atoms with Crippen LogP contribution in [0.15, 0.2) is 25.0 Å². The normalized spacial score (nSPS) is 7.31. The molecule has 0 N–H and O–H groups in total. The van der Waals surface area contributed by atoms with Gasteiger partial charge in [0.15, 0.2) is 0 Å². The maximum atomic E-state index is 10.2. The minimum Gasteiger partial charge on any atom is -0.466 e. The van der Waals surface area contributed by atoms with E-state index >= 15 is 0 Å². The fourth-order valence-electron chi connectivity index (χ4n) is 0.292. The molecule has 0 aliphatic heterocycles. The number of hydrogen-bond donors (Lipinski definition) is 0. The second kappa shape index (κ2) is 8.52. The molecule has 0 rings (SSSR count). The van der Waals surface area contributed by atoms with Crippen LogP contribution in [0.3, 0.4) is 0 Å². The van der Waals surface area contributed by atoms with Crippen molar-refractivity contribution in [2.45, 2.75) is 13.8 Å². The van der Waals surface area contributed by atoms with Crippen LogP contribution in [0.4, 0.5) is 0 Å². The second-order valence-electron chi connectivity index (χ2n) is 2.05. The van der Waals surface area contributed by atoms with E-state index in [-0.39, 0.29) is 11.9 Å². The molecule has 0 aromatic heterocycles. The lowest BCUT2D eigenvalue weighted by Crippen LogP contribution is -1.98. The van der Waals surface area contributed by atoms with E-state index in [1.807, 2.05) is 0 Å². The van der Waals surface area contributed by atoms with Crippen LogP contribution in [0.25, 0.3) is 0 Å². The number of hydrogen-bond acceptors (Lipinski definition) is 4. The summed E-state index contributed by atoms with van der Waals surface area (Å²) in [4.78, 5) is 19.9. The summed E-state index contributed by atoms with van der Waals surface area (Å²) in [5.41, 5.74) is 0.433. The van der Waals surface area contributed by atoms with E-state index in [0.29, 0.717) is 5.57 Å². The maximum absolute atomic E-state index is 10.2. The Hall–Kier alpha value is -1.58. The van der Waals surface area contributed by atoms with Crippen molar-refractivity contribution in [2.24, 2.45) is 0 Å². The molecule has 0 aromatic rings. The zero-order chi connectivity index (χ0) is 10.9. The van der Waals surface area contributed by atoms with Gasteiger partial charge in [-0.2, -0.15) is 0 Å². The Balaban J connectivity index is 0. The lowest BCUT2D eigenvalue weighted by molar-refractivity contribution is -0.136. The summed E-state index contributed by atoms with van der Waals surface area (Å²) in [6, 6.07) is 0. The first-order chi connectivity index (χ1) is 5.95. The fourth-order valence-corrected chi connectivity index (χ4v) is 0.292. The molecule has 0 aliphatic carbocycles. The molecule has 13 heavy (non-hydrogen) atoms. The third-order valence-corrected chi connectivity index (χ3v) is 0.783. The molecular formula is C9H14O4. The van der Waals surface area contributed by atoms with Gasteiger partial charge in [0.05, 0.1) is 13.4 Å². The summed E-state index contributed by atoms with van der Waals surface area (Å²) in [6.45, 7) is 9.43. The average molecular weight is 186 g/mol. The van der Waals surface area contributed by atoms with Gasteiger partial charge in [-0.15, -0.1) is 0 Å². The van der Waals surface area contributed by atoms with Crippen molar-refractivity contribution in [3.05, 3.63) is 25.0 Å². The molecule has 0 saturated carbocycles. The van der Waals surface area contributed by atoms with Crippen LogP contribution in [0, 0.1) is 0 Å². The van der Waals surface area contributed by atoms with E-state index in [1.165, 1.54) is 14.0 Å². The molecule has 0 atom stereocenters. The Morgan fingerprint density at radius 3 is 1.77 bits per heavy atom. The minimum absolute atomic E-state index is 0.329. The molecule has 0 aromatic carbocycles. The number of carbonyl (C=O) groups is 2. The van der Waals surface area contributed by atoms with E-state index in [2.05, 4.69) is 22.6 Å². The van der Waals surface area contributed by atoms with E-state index < -0.39 is 0 Å². The summed E-state index contributed by atoms with van der Waals surface area (Å²) >= 11 is 0. The second-order valence-corrected chi connectivity index (χ2v) is 2.05. The Kier molecular flexibility index (Phi) is 9.15. The SMILES string of the molecule is C=C(C)C(=O)OC.C=COC(C)=O.